The molecule has 0 fully saturated rings. The maximum absolute atomic E-state index is 11.9. The van der Waals surface area contributed by atoms with Crippen LogP contribution in [0.2, 0.25) is 0 Å². The molecule has 0 rings (SSSR count). The van der Waals surface area contributed by atoms with Gasteiger partial charge in [-0.3, -0.25) is 10.1 Å². The molecule has 2 N–H and O–H groups in total. The zero-order valence-electron chi connectivity index (χ0n) is 11.5. The second-order valence-corrected chi connectivity index (χ2v) is 4.42. The summed E-state index contributed by atoms with van der Waals surface area (Å²) in [4.78, 5) is 11.9. The molecule has 0 saturated carbocycles. The Morgan fingerprint density at radius 2 is 1.88 bits per heavy atom. The second-order valence-electron chi connectivity index (χ2n) is 4.42. The standard InChI is InChI=1S/C14H26N2O/c1-6-10-13(9-4)15-11(5)14(17)16-12(7-2)8-3/h4,11-13,15H,6-8,10H2,1-3,5H3,(H,16,17). The van der Waals surface area contributed by atoms with Gasteiger partial charge in [0.15, 0.2) is 0 Å². The number of hydrogen-bond donors (Lipinski definition) is 2. The number of carbonyl (C=O) groups is 1. The Bertz CT molecular complexity index is 253. The lowest BCUT2D eigenvalue weighted by atomic mass is 10.1. The van der Waals surface area contributed by atoms with Crippen molar-refractivity contribution < 1.29 is 4.79 Å². The predicted octanol–water partition coefficient (Wildman–Crippen LogP) is 2.07. The van der Waals surface area contributed by atoms with Crippen molar-refractivity contribution in [2.75, 3.05) is 0 Å². The molecule has 3 nitrogen and oxygen atoms in total. The molecule has 0 saturated heterocycles. The molecule has 0 bridgehead atoms. The van der Waals surface area contributed by atoms with E-state index in [9.17, 15) is 4.79 Å². The van der Waals surface area contributed by atoms with Gasteiger partial charge in [-0.05, 0) is 26.2 Å². The van der Waals surface area contributed by atoms with Crippen LogP contribution >= 0.6 is 0 Å². The first-order valence-corrected chi connectivity index (χ1v) is 6.61. The summed E-state index contributed by atoms with van der Waals surface area (Å²) in [5.74, 6) is 2.72. The first-order chi connectivity index (χ1) is 8.08. The van der Waals surface area contributed by atoms with Gasteiger partial charge in [-0.1, -0.05) is 33.1 Å². The van der Waals surface area contributed by atoms with E-state index in [1.54, 1.807) is 0 Å². The van der Waals surface area contributed by atoms with Crippen molar-refractivity contribution in [1.29, 1.82) is 0 Å². The smallest absolute Gasteiger partial charge is 0.237 e. The lowest BCUT2D eigenvalue weighted by Gasteiger charge is -2.21. The summed E-state index contributed by atoms with van der Waals surface area (Å²) in [6.07, 6.45) is 9.26. The molecule has 3 heteroatoms. The van der Waals surface area contributed by atoms with Gasteiger partial charge in [-0.25, -0.2) is 0 Å². The SMILES string of the molecule is C#CC(CCC)NC(C)C(=O)NC(CC)CC. The molecule has 0 heterocycles. The van der Waals surface area contributed by atoms with Gasteiger partial charge in [0.2, 0.25) is 5.91 Å². The Labute approximate surface area is 106 Å². The van der Waals surface area contributed by atoms with Crippen molar-refractivity contribution in [2.24, 2.45) is 0 Å². The second kappa shape index (κ2) is 9.07. The zero-order chi connectivity index (χ0) is 13.3. The van der Waals surface area contributed by atoms with Crippen LogP contribution in [0.25, 0.3) is 0 Å². The summed E-state index contributed by atoms with van der Waals surface area (Å²) in [6.45, 7) is 8.10. The van der Waals surface area contributed by atoms with E-state index in [-0.39, 0.29) is 24.0 Å². The first kappa shape index (κ1) is 16.0. The van der Waals surface area contributed by atoms with Gasteiger partial charge in [0.05, 0.1) is 12.1 Å². The molecular formula is C14H26N2O. The van der Waals surface area contributed by atoms with Crippen molar-refractivity contribution in [1.82, 2.24) is 10.6 Å². The molecule has 17 heavy (non-hydrogen) atoms. The van der Waals surface area contributed by atoms with Crippen LogP contribution in [0, 0.1) is 12.3 Å². The lowest BCUT2D eigenvalue weighted by molar-refractivity contribution is -0.123. The van der Waals surface area contributed by atoms with Gasteiger partial charge in [0.25, 0.3) is 0 Å². The number of hydrogen-bond acceptors (Lipinski definition) is 2. The van der Waals surface area contributed by atoms with Gasteiger partial charge in [-0.2, -0.15) is 0 Å². The third-order valence-corrected chi connectivity index (χ3v) is 2.95. The molecule has 0 aliphatic heterocycles. The minimum absolute atomic E-state index is 0.0116. The third-order valence-electron chi connectivity index (χ3n) is 2.95. The highest BCUT2D eigenvalue weighted by molar-refractivity contribution is 5.81. The van der Waals surface area contributed by atoms with Crippen LogP contribution in [0.5, 0.6) is 0 Å². The monoisotopic (exact) mass is 238 g/mol. The Morgan fingerprint density at radius 1 is 1.29 bits per heavy atom. The average molecular weight is 238 g/mol. The van der Waals surface area contributed by atoms with E-state index in [2.05, 4.69) is 37.3 Å². The normalized spacial score (nSPS) is 14.1. The summed E-state index contributed by atoms with van der Waals surface area (Å²) >= 11 is 0. The highest BCUT2D eigenvalue weighted by Crippen LogP contribution is 2.00. The molecule has 2 unspecified atom stereocenters. The highest BCUT2D eigenvalue weighted by Gasteiger charge is 2.17. The molecule has 1 amide bonds. The van der Waals surface area contributed by atoms with Crippen LogP contribution in [0.4, 0.5) is 0 Å². The molecule has 98 valence electrons. The van der Waals surface area contributed by atoms with Crippen LogP contribution < -0.4 is 10.6 Å². The number of amides is 1. The van der Waals surface area contributed by atoms with E-state index in [1.165, 1.54) is 0 Å². The fourth-order valence-corrected chi connectivity index (χ4v) is 1.70. The van der Waals surface area contributed by atoms with Crippen molar-refractivity contribution in [3.8, 4) is 12.3 Å². The summed E-state index contributed by atoms with van der Waals surface area (Å²) in [5, 5.41) is 6.19. The van der Waals surface area contributed by atoms with Crippen LogP contribution in [0.1, 0.15) is 53.4 Å². The molecule has 0 aromatic rings. The fraction of sp³-hybridized carbons (Fsp3) is 0.786. The van der Waals surface area contributed by atoms with E-state index in [4.69, 9.17) is 6.42 Å². The molecule has 0 aliphatic carbocycles. The third kappa shape index (κ3) is 6.33. The molecule has 0 aromatic carbocycles. The summed E-state index contributed by atoms with van der Waals surface area (Å²) < 4.78 is 0. The van der Waals surface area contributed by atoms with Gasteiger partial charge in [-0.15, -0.1) is 6.42 Å². The Balaban J connectivity index is 4.16. The van der Waals surface area contributed by atoms with Crippen molar-refractivity contribution in [3.05, 3.63) is 0 Å². The van der Waals surface area contributed by atoms with Crippen LogP contribution in [0.15, 0.2) is 0 Å². The fourth-order valence-electron chi connectivity index (χ4n) is 1.70. The molecule has 0 spiro atoms. The molecule has 2 atom stereocenters. The average Bonchev–Trinajstić information content (AvgIpc) is 2.34. The van der Waals surface area contributed by atoms with E-state index in [1.807, 2.05) is 6.92 Å². The predicted molar refractivity (Wildman–Crippen MR) is 72.6 cm³/mol. The Morgan fingerprint density at radius 3 is 2.29 bits per heavy atom. The van der Waals surface area contributed by atoms with E-state index >= 15 is 0 Å². The number of rotatable bonds is 8. The van der Waals surface area contributed by atoms with Crippen molar-refractivity contribution >= 4 is 5.91 Å². The molecule has 0 aliphatic rings. The van der Waals surface area contributed by atoms with E-state index in [0.717, 1.165) is 25.7 Å². The minimum Gasteiger partial charge on any atom is -0.352 e. The van der Waals surface area contributed by atoms with Gasteiger partial charge >= 0.3 is 0 Å². The Kier molecular flexibility index (Phi) is 8.53. The highest BCUT2D eigenvalue weighted by atomic mass is 16.2. The van der Waals surface area contributed by atoms with E-state index in [0.29, 0.717) is 0 Å². The summed E-state index contributed by atoms with van der Waals surface area (Å²) in [6, 6.07) is 0.0212. The van der Waals surface area contributed by atoms with Crippen molar-refractivity contribution in [3.63, 3.8) is 0 Å². The van der Waals surface area contributed by atoms with E-state index < -0.39 is 0 Å². The molecular weight excluding hydrogens is 212 g/mol. The summed E-state index contributed by atoms with van der Waals surface area (Å²) in [5.41, 5.74) is 0. The topological polar surface area (TPSA) is 41.1 Å². The number of nitrogens with one attached hydrogen (secondary N) is 2. The van der Waals surface area contributed by atoms with Gasteiger partial charge < -0.3 is 5.32 Å². The number of carbonyl (C=O) groups excluding carboxylic acids is 1. The lowest BCUT2D eigenvalue weighted by Crippen LogP contribution is -2.48. The molecule has 0 aromatic heterocycles. The van der Waals surface area contributed by atoms with Crippen molar-refractivity contribution in [2.45, 2.75) is 71.5 Å². The quantitative estimate of drug-likeness (QED) is 0.636. The largest absolute Gasteiger partial charge is 0.352 e. The first-order valence-electron chi connectivity index (χ1n) is 6.61. The number of terminal acetylenes is 1. The van der Waals surface area contributed by atoms with Crippen LogP contribution in [-0.4, -0.2) is 24.0 Å². The van der Waals surface area contributed by atoms with Crippen LogP contribution in [0.3, 0.4) is 0 Å². The zero-order valence-corrected chi connectivity index (χ0v) is 11.5. The summed E-state index contributed by atoms with van der Waals surface area (Å²) in [7, 11) is 0. The minimum atomic E-state index is -0.233. The maximum atomic E-state index is 11.9. The Hall–Kier alpha value is -1.01. The maximum Gasteiger partial charge on any atom is 0.237 e. The van der Waals surface area contributed by atoms with Crippen LogP contribution in [-0.2, 0) is 4.79 Å². The van der Waals surface area contributed by atoms with Gasteiger partial charge in [0.1, 0.15) is 0 Å². The van der Waals surface area contributed by atoms with Gasteiger partial charge in [0, 0.05) is 6.04 Å². The molecule has 0 radical (unpaired) electrons.